The number of aromatic nitrogens is 1. The maximum Gasteiger partial charge on any atom is 0.235 e. The van der Waals surface area contributed by atoms with Crippen molar-refractivity contribution in [3.8, 4) is 0 Å². The van der Waals surface area contributed by atoms with E-state index in [-0.39, 0.29) is 24.2 Å². The number of benzene rings is 1. The van der Waals surface area contributed by atoms with Crippen LogP contribution in [0.15, 0.2) is 30.5 Å². The SMILES string of the molecule is CC(c1cccc(N2CCCS2(=O)=O)c1)N(C)Cc1cnc(N)s1.Cl. The molecule has 3 rings (SSSR count). The summed E-state index contributed by atoms with van der Waals surface area (Å²) in [6.45, 7) is 3.43. The van der Waals surface area contributed by atoms with Crippen LogP contribution in [0.2, 0.25) is 0 Å². The van der Waals surface area contributed by atoms with Gasteiger partial charge < -0.3 is 5.73 Å². The molecule has 1 aromatic carbocycles. The molecule has 1 aliphatic heterocycles. The van der Waals surface area contributed by atoms with E-state index < -0.39 is 10.0 Å². The second-order valence-corrected chi connectivity index (χ2v) is 9.25. The Labute approximate surface area is 159 Å². The molecule has 0 saturated carbocycles. The Morgan fingerprint density at radius 1 is 1.44 bits per heavy atom. The van der Waals surface area contributed by atoms with Crippen LogP contribution < -0.4 is 10.0 Å². The molecule has 0 aliphatic carbocycles. The van der Waals surface area contributed by atoms with Crippen molar-refractivity contribution in [3.63, 3.8) is 0 Å². The van der Waals surface area contributed by atoms with Gasteiger partial charge in [-0.3, -0.25) is 9.21 Å². The van der Waals surface area contributed by atoms with Crippen LogP contribution in [0.1, 0.15) is 29.8 Å². The van der Waals surface area contributed by atoms with Crippen LogP contribution in [0.5, 0.6) is 0 Å². The maximum absolute atomic E-state index is 12.1. The minimum Gasteiger partial charge on any atom is -0.375 e. The highest BCUT2D eigenvalue weighted by molar-refractivity contribution is 7.93. The predicted octanol–water partition coefficient (Wildman–Crippen LogP) is 2.88. The summed E-state index contributed by atoms with van der Waals surface area (Å²) >= 11 is 1.49. The van der Waals surface area contributed by atoms with Crippen molar-refractivity contribution in [1.82, 2.24) is 9.88 Å². The van der Waals surface area contributed by atoms with Crippen molar-refractivity contribution < 1.29 is 8.42 Å². The lowest BCUT2D eigenvalue weighted by Crippen LogP contribution is -2.26. The molecule has 25 heavy (non-hydrogen) atoms. The molecule has 9 heteroatoms. The van der Waals surface area contributed by atoms with E-state index in [9.17, 15) is 8.42 Å². The normalized spacial score (nSPS) is 17.5. The van der Waals surface area contributed by atoms with Gasteiger partial charge in [0.1, 0.15) is 0 Å². The van der Waals surface area contributed by atoms with Crippen molar-refractivity contribution >= 4 is 44.6 Å². The van der Waals surface area contributed by atoms with E-state index in [2.05, 4.69) is 16.8 Å². The van der Waals surface area contributed by atoms with E-state index in [1.165, 1.54) is 15.6 Å². The van der Waals surface area contributed by atoms with Gasteiger partial charge in [-0.15, -0.1) is 23.7 Å². The standard InChI is InChI=1S/C16H22N4O2S2.ClH/c1-12(19(2)11-15-10-18-16(17)23-15)13-5-3-6-14(9-13)20-7-4-8-24(20,21)22;/h3,5-6,9-10,12H,4,7-8,11H2,1-2H3,(H2,17,18);1H. The molecular formula is C16H23ClN4O2S2. The number of rotatable bonds is 5. The predicted molar refractivity (Wildman–Crippen MR) is 106 cm³/mol. The monoisotopic (exact) mass is 402 g/mol. The minimum atomic E-state index is -3.15. The largest absolute Gasteiger partial charge is 0.375 e. The van der Waals surface area contributed by atoms with Crippen molar-refractivity contribution in [2.45, 2.75) is 25.9 Å². The molecule has 1 aromatic heterocycles. The Balaban J connectivity index is 0.00000225. The molecule has 1 unspecified atom stereocenters. The summed E-state index contributed by atoms with van der Waals surface area (Å²) in [5, 5.41) is 0.576. The number of hydrogen-bond donors (Lipinski definition) is 1. The lowest BCUT2D eigenvalue weighted by molar-refractivity contribution is 0.255. The summed E-state index contributed by atoms with van der Waals surface area (Å²) in [5.41, 5.74) is 7.53. The number of nitrogens with two attached hydrogens (primary N) is 1. The molecule has 0 amide bonds. The Morgan fingerprint density at radius 2 is 2.20 bits per heavy atom. The second-order valence-electron chi connectivity index (χ2n) is 6.09. The van der Waals surface area contributed by atoms with Gasteiger partial charge in [-0.25, -0.2) is 13.4 Å². The molecule has 2 heterocycles. The van der Waals surface area contributed by atoms with Gasteiger partial charge in [0.25, 0.3) is 0 Å². The maximum atomic E-state index is 12.1. The highest BCUT2D eigenvalue weighted by atomic mass is 35.5. The molecule has 0 spiro atoms. The fraction of sp³-hybridized carbons (Fsp3) is 0.438. The molecule has 2 aromatic rings. The minimum absolute atomic E-state index is 0. The number of thiazole rings is 1. The Bertz CT molecular complexity index is 825. The van der Waals surface area contributed by atoms with Gasteiger partial charge in [0.2, 0.25) is 10.0 Å². The zero-order chi connectivity index (χ0) is 17.3. The molecule has 0 radical (unpaired) electrons. The average Bonchev–Trinajstić information content (AvgIpc) is 3.11. The van der Waals surface area contributed by atoms with Gasteiger partial charge >= 0.3 is 0 Å². The van der Waals surface area contributed by atoms with Gasteiger partial charge in [0.05, 0.1) is 11.4 Å². The number of nitrogens with zero attached hydrogens (tertiary/aromatic N) is 3. The first kappa shape index (κ1) is 20.0. The smallest absolute Gasteiger partial charge is 0.235 e. The molecular weight excluding hydrogens is 380 g/mol. The molecule has 138 valence electrons. The number of halogens is 1. The highest BCUT2D eigenvalue weighted by Gasteiger charge is 2.28. The van der Waals surface area contributed by atoms with E-state index in [0.717, 1.165) is 22.7 Å². The summed E-state index contributed by atoms with van der Waals surface area (Å²) in [5.74, 6) is 0.236. The zero-order valence-corrected chi connectivity index (χ0v) is 16.7. The molecule has 1 saturated heterocycles. The fourth-order valence-corrected chi connectivity index (χ4v) is 5.21. The Morgan fingerprint density at radius 3 is 2.80 bits per heavy atom. The third-order valence-electron chi connectivity index (χ3n) is 4.38. The Hall–Kier alpha value is -1.35. The molecule has 0 bridgehead atoms. The third-order valence-corrected chi connectivity index (χ3v) is 7.06. The lowest BCUT2D eigenvalue weighted by Gasteiger charge is -2.26. The van der Waals surface area contributed by atoms with Gasteiger partial charge in [-0.2, -0.15) is 0 Å². The number of nitrogen functional groups attached to an aromatic ring is 1. The molecule has 1 atom stereocenters. The van der Waals surface area contributed by atoms with Crippen LogP contribution in [0.25, 0.3) is 0 Å². The van der Waals surface area contributed by atoms with E-state index in [0.29, 0.717) is 18.1 Å². The Kier molecular flexibility index (Phi) is 6.31. The first-order valence-electron chi connectivity index (χ1n) is 7.87. The van der Waals surface area contributed by atoms with Gasteiger partial charge in [0.15, 0.2) is 5.13 Å². The van der Waals surface area contributed by atoms with Crippen molar-refractivity contribution in [2.24, 2.45) is 0 Å². The van der Waals surface area contributed by atoms with E-state index in [4.69, 9.17) is 5.73 Å². The van der Waals surface area contributed by atoms with Crippen LogP contribution in [0, 0.1) is 0 Å². The number of anilines is 2. The van der Waals surface area contributed by atoms with E-state index >= 15 is 0 Å². The quantitative estimate of drug-likeness (QED) is 0.831. The summed E-state index contributed by atoms with van der Waals surface area (Å²) < 4.78 is 25.8. The first-order chi connectivity index (χ1) is 11.4. The third kappa shape index (κ3) is 4.44. The lowest BCUT2D eigenvalue weighted by atomic mass is 10.1. The summed E-state index contributed by atoms with van der Waals surface area (Å²) in [6, 6.07) is 7.95. The van der Waals surface area contributed by atoms with Crippen LogP contribution in [-0.2, 0) is 16.6 Å². The summed E-state index contributed by atoms with van der Waals surface area (Å²) in [6.07, 6.45) is 2.49. The van der Waals surface area contributed by atoms with Crippen molar-refractivity contribution in [3.05, 3.63) is 40.9 Å². The van der Waals surface area contributed by atoms with Gasteiger partial charge in [-0.05, 0) is 38.1 Å². The number of sulfonamides is 1. The van der Waals surface area contributed by atoms with Gasteiger partial charge in [0, 0.05) is 30.2 Å². The van der Waals surface area contributed by atoms with Crippen LogP contribution in [-0.4, -0.2) is 37.6 Å². The van der Waals surface area contributed by atoms with Crippen LogP contribution in [0.4, 0.5) is 10.8 Å². The van der Waals surface area contributed by atoms with Gasteiger partial charge in [-0.1, -0.05) is 12.1 Å². The van der Waals surface area contributed by atoms with Crippen LogP contribution in [0.3, 0.4) is 0 Å². The van der Waals surface area contributed by atoms with Crippen molar-refractivity contribution in [1.29, 1.82) is 0 Å². The second kappa shape index (κ2) is 7.90. The topological polar surface area (TPSA) is 79.5 Å². The molecule has 1 fully saturated rings. The average molecular weight is 403 g/mol. The summed E-state index contributed by atoms with van der Waals surface area (Å²) in [4.78, 5) is 7.39. The van der Waals surface area contributed by atoms with E-state index in [1.807, 2.05) is 31.3 Å². The fourth-order valence-electron chi connectivity index (χ4n) is 2.90. The molecule has 6 nitrogen and oxygen atoms in total. The highest BCUT2D eigenvalue weighted by Crippen LogP contribution is 2.29. The zero-order valence-electron chi connectivity index (χ0n) is 14.3. The first-order valence-corrected chi connectivity index (χ1v) is 10.3. The summed E-state index contributed by atoms with van der Waals surface area (Å²) in [7, 11) is -1.11. The number of hydrogen-bond acceptors (Lipinski definition) is 6. The molecule has 2 N–H and O–H groups in total. The van der Waals surface area contributed by atoms with E-state index in [1.54, 1.807) is 6.20 Å². The van der Waals surface area contributed by atoms with Crippen LogP contribution >= 0.6 is 23.7 Å². The molecule has 1 aliphatic rings. The van der Waals surface area contributed by atoms with Crippen molar-refractivity contribution in [2.75, 3.05) is 29.4 Å².